The Kier molecular flexibility index (Phi) is 6.03. The van der Waals surface area contributed by atoms with Crippen molar-refractivity contribution in [3.8, 4) is 0 Å². The minimum Gasteiger partial charge on any atom is -0.428 e. The molecular weight excluding hydrogens is 140 g/mol. The summed E-state index contributed by atoms with van der Waals surface area (Å²) >= 11 is 0. The Bertz CT molecular complexity index is 75.7. The van der Waals surface area contributed by atoms with Gasteiger partial charge in [-0.1, -0.05) is 33.6 Å². The highest BCUT2D eigenvalue weighted by Gasteiger charge is 2.11. The molecule has 2 heteroatoms. The molecule has 0 heterocycles. The minimum atomic E-state index is 0.794. The predicted molar refractivity (Wildman–Crippen MR) is 49.1 cm³/mol. The van der Waals surface area contributed by atoms with Crippen LogP contribution in [0.25, 0.3) is 0 Å². The molecule has 0 saturated carbocycles. The molecule has 2 unspecified atom stereocenters. The number of hydrogen-bond acceptors (Lipinski definition) is 1. The summed E-state index contributed by atoms with van der Waals surface area (Å²) in [5, 5.41) is 0. The summed E-state index contributed by atoms with van der Waals surface area (Å²) < 4.78 is 5.26. The fourth-order valence-electron chi connectivity index (χ4n) is 1.23. The van der Waals surface area contributed by atoms with Crippen LogP contribution in [-0.2, 0) is 4.43 Å². The van der Waals surface area contributed by atoms with Crippen LogP contribution in [0.1, 0.15) is 33.6 Å². The van der Waals surface area contributed by atoms with Gasteiger partial charge in [-0.2, -0.15) is 0 Å². The lowest BCUT2D eigenvalue weighted by molar-refractivity contribution is 0.206. The number of rotatable bonds is 5. The monoisotopic (exact) mass is 160 g/mol. The van der Waals surface area contributed by atoms with Crippen molar-refractivity contribution in [2.24, 2.45) is 11.8 Å². The highest BCUT2D eigenvalue weighted by atomic mass is 28.2. The normalized spacial score (nSPS) is 17.1. The average molecular weight is 160 g/mol. The van der Waals surface area contributed by atoms with Crippen molar-refractivity contribution < 1.29 is 4.43 Å². The Morgan fingerprint density at radius 2 is 1.90 bits per heavy atom. The third kappa shape index (κ3) is 3.37. The Balaban J connectivity index is 3.56. The van der Waals surface area contributed by atoms with Gasteiger partial charge in [0.2, 0.25) is 0 Å². The molecule has 2 atom stereocenters. The molecule has 0 rings (SSSR count). The van der Waals surface area contributed by atoms with Crippen LogP contribution in [0.3, 0.4) is 0 Å². The molecule has 10 heavy (non-hydrogen) atoms. The van der Waals surface area contributed by atoms with Gasteiger partial charge in [0, 0.05) is 6.61 Å². The van der Waals surface area contributed by atoms with Crippen LogP contribution in [0, 0.1) is 11.8 Å². The standard InChI is InChI=1S/C8H20OSi/c1-4-7(3)8(5-2)6-9-10/h7-8H,4-6H2,1-3,10H3. The van der Waals surface area contributed by atoms with Gasteiger partial charge in [0.25, 0.3) is 0 Å². The van der Waals surface area contributed by atoms with Crippen molar-refractivity contribution in [2.45, 2.75) is 33.6 Å². The van der Waals surface area contributed by atoms with E-state index in [2.05, 4.69) is 20.8 Å². The summed E-state index contributed by atoms with van der Waals surface area (Å²) in [5.41, 5.74) is 0. The van der Waals surface area contributed by atoms with Crippen LogP contribution in [-0.4, -0.2) is 17.1 Å². The van der Waals surface area contributed by atoms with E-state index in [-0.39, 0.29) is 0 Å². The molecular formula is C8H20OSi. The summed E-state index contributed by atoms with van der Waals surface area (Å²) in [6, 6.07) is 0. The predicted octanol–water partition coefficient (Wildman–Crippen LogP) is 1.36. The van der Waals surface area contributed by atoms with Crippen molar-refractivity contribution in [1.29, 1.82) is 0 Å². The Labute approximate surface area is 67.7 Å². The molecule has 0 fully saturated rings. The van der Waals surface area contributed by atoms with Crippen LogP contribution in [0.15, 0.2) is 0 Å². The maximum absolute atomic E-state index is 5.26. The summed E-state index contributed by atoms with van der Waals surface area (Å²) in [6.45, 7) is 7.80. The molecule has 0 aromatic rings. The first-order valence-corrected chi connectivity index (χ1v) is 5.06. The molecule has 0 saturated heterocycles. The van der Waals surface area contributed by atoms with Gasteiger partial charge in [0.05, 0.1) is 0 Å². The molecule has 0 aliphatic rings. The van der Waals surface area contributed by atoms with Gasteiger partial charge in [-0.3, -0.25) is 0 Å². The van der Waals surface area contributed by atoms with Gasteiger partial charge in [0.15, 0.2) is 0 Å². The lowest BCUT2D eigenvalue weighted by Gasteiger charge is -2.20. The van der Waals surface area contributed by atoms with Gasteiger partial charge in [-0.05, 0) is 11.8 Å². The van der Waals surface area contributed by atoms with E-state index in [1.165, 1.54) is 12.8 Å². The molecule has 0 aromatic heterocycles. The molecule has 0 spiro atoms. The van der Waals surface area contributed by atoms with E-state index in [9.17, 15) is 0 Å². The second kappa shape index (κ2) is 5.92. The van der Waals surface area contributed by atoms with Crippen molar-refractivity contribution in [2.75, 3.05) is 6.61 Å². The van der Waals surface area contributed by atoms with Gasteiger partial charge >= 0.3 is 0 Å². The zero-order chi connectivity index (χ0) is 7.98. The third-order valence-corrected chi connectivity index (χ3v) is 2.69. The van der Waals surface area contributed by atoms with Crippen LogP contribution in [0.2, 0.25) is 0 Å². The van der Waals surface area contributed by atoms with Gasteiger partial charge in [0.1, 0.15) is 10.5 Å². The lowest BCUT2D eigenvalue weighted by atomic mass is 9.90. The molecule has 0 amide bonds. The molecule has 0 aliphatic heterocycles. The van der Waals surface area contributed by atoms with E-state index >= 15 is 0 Å². The largest absolute Gasteiger partial charge is 0.428 e. The van der Waals surface area contributed by atoms with Crippen LogP contribution in [0.5, 0.6) is 0 Å². The molecule has 62 valence electrons. The first-order valence-electron chi connectivity index (χ1n) is 4.25. The van der Waals surface area contributed by atoms with Gasteiger partial charge in [-0.25, -0.2) is 0 Å². The van der Waals surface area contributed by atoms with E-state index in [4.69, 9.17) is 4.43 Å². The van der Waals surface area contributed by atoms with Gasteiger partial charge in [-0.15, -0.1) is 0 Å². The molecule has 1 nitrogen and oxygen atoms in total. The second-order valence-electron chi connectivity index (χ2n) is 3.01. The van der Waals surface area contributed by atoms with Crippen molar-refractivity contribution in [3.05, 3.63) is 0 Å². The van der Waals surface area contributed by atoms with Crippen LogP contribution >= 0.6 is 0 Å². The SMILES string of the molecule is CCC(C)C(CC)CO[SiH3]. The molecule has 0 aromatic carbocycles. The first kappa shape index (κ1) is 10.2. The Hall–Kier alpha value is 0.177. The van der Waals surface area contributed by atoms with Crippen LogP contribution < -0.4 is 0 Å². The van der Waals surface area contributed by atoms with E-state index in [0.29, 0.717) is 0 Å². The van der Waals surface area contributed by atoms with E-state index in [1.54, 1.807) is 0 Å². The summed E-state index contributed by atoms with van der Waals surface area (Å²) in [4.78, 5) is 0. The maximum atomic E-state index is 5.26. The second-order valence-corrected chi connectivity index (χ2v) is 3.59. The first-order chi connectivity index (χ1) is 4.76. The number of hydrogen-bond donors (Lipinski definition) is 0. The zero-order valence-electron chi connectivity index (χ0n) is 7.68. The van der Waals surface area contributed by atoms with Crippen molar-refractivity contribution in [3.63, 3.8) is 0 Å². The Morgan fingerprint density at radius 3 is 2.20 bits per heavy atom. The fraction of sp³-hybridized carbons (Fsp3) is 1.00. The quantitative estimate of drug-likeness (QED) is 0.552. The minimum absolute atomic E-state index is 0.794. The lowest BCUT2D eigenvalue weighted by Crippen LogP contribution is -2.15. The maximum Gasteiger partial charge on any atom is 0.145 e. The van der Waals surface area contributed by atoms with Crippen LogP contribution in [0.4, 0.5) is 0 Å². The highest BCUT2D eigenvalue weighted by molar-refractivity contribution is 5.97. The highest BCUT2D eigenvalue weighted by Crippen LogP contribution is 2.18. The molecule has 0 N–H and O–H groups in total. The topological polar surface area (TPSA) is 9.23 Å². The fourth-order valence-corrected chi connectivity index (χ4v) is 1.66. The van der Waals surface area contributed by atoms with Gasteiger partial charge < -0.3 is 4.43 Å². The van der Waals surface area contributed by atoms with E-state index in [1.807, 2.05) is 0 Å². The summed E-state index contributed by atoms with van der Waals surface area (Å²) in [5.74, 6) is 1.63. The molecule has 0 aliphatic carbocycles. The van der Waals surface area contributed by atoms with E-state index in [0.717, 1.165) is 28.9 Å². The van der Waals surface area contributed by atoms with Crippen molar-refractivity contribution >= 4 is 10.5 Å². The smallest absolute Gasteiger partial charge is 0.145 e. The third-order valence-electron chi connectivity index (χ3n) is 2.35. The molecule has 0 radical (unpaired) electrons. The summed E-state index contributed by atoms with van der Waals surface area (Å²) in [7, 11) is 0.890. The van der Waals surface area contributed by atoms with E-state index < -0.39 is 0 Å². The molecule has 0 bridgehead atoms. The summed E-state index contributed by atoms with van der Waals surface area (Å²) in [6.07, 6.45) is 2.54. The Morgan fingerprint density at radius 1 is 1.30 bits per heavy atom. The van der Waals surface area contributed by atoms with Crippen molar-refractivity contribution in [1.82, 2.24) is 0 Å². The zero-order valence-corrected chi connectivity index (χ0v) is 9.68. The average Bonchev–Trinajstić information content (AvgIpc) is 1.99.